The summed E-state index contributed by atoms with van der Waals surface area (Å²) in [4.78, 5) is 24.6. The Hall–Kier alpha value is -1.66. The highest BCUT2D eigenvalue weighted by Crippen LogP contribution is 2.19. The summed E-state index contributed by atoms with van der Waals surface area (Å²) in [7, 11) is 0. The van der Waals surface area contributed by atoms with Crippen LogP contribution >= 0.6 is 0 Å². The molecule has 1 amide bonds. The van der Waals surface area contributed by atoms with E-state index in [0.29, 0.717) is 19.4 Å². The molecular formula is C71H137NO5. The van der Waals surface area contributed by atoms with Gasteiger partial charge in [-0.05, 0) is 57.8 Å². The first-order valence-electron chi connectivity index (χ1n) is 35.1. The first-order valence-corrected chi connectivity index (χ1v) is 35.1. The minimum atomic E-state index is -0.848. The molecule has 2 atom stereocenters. The molecule has 0 aromatic rings. The molecular weight excluding hydrogens is 947 g/mol. The van der Waals surface area contributed by atoms with Gasteiger partial charge in [-0.1, -0.05) is 346 Å². The maximum absolute atomic E-state index is 12.5. The van der Waals surface area contributed by atoms with E-state index < -0.39 is 12.1 Å². The van der Waals surface area contributed by atoms with Gasteiger partial charge in [0.05, 0.1) is 25.4 Å². The van der Waals surface area contributed by atoms with Crippen LogP contribution in [0.3, 0.4) is 0 Å². The Kier molecular flexibility index (Phi) is 65.4. The Balaban J connectivity index is 3.41. The van der Waals surface area contributed by atoms with Gasteiger partial charge in [0.2, 0.25) is 5.91 Å². The van der Waals surface area contributed by atoms with E-state index in [1.807, 2.05) is 6.08 Å². The standard InChI is InChI=1S/C71H137NO5/c1-3-5-7-9-11-13-15-17-19-21-22-29-32-35-39-43-47-51-55-59-63-69(74)68(67-73)72-70(75)64-60-56-52-48-44-40-36-33-30-27-25-23-24-26-28-31-34-38-42-46-50-54-58-62-66-77-71(76)65-61-57-53-49-45-41-37-20-18-16-14-12-10-8-6-4-2/h25,27,59,63,68-69,73-74H,3-24,26,28-58,60-62,64-67H2,1-2H3,(H,72,75)/b27-25-,63-59+. The molecule has 456 valence electrons. The molecule has 0 rings (SSSR count). The highest BCUT2D eigenvalue weighted by molar-refractivity contribution is 5.76. The molecule has 0 fully saturated rings. The number of aliphatic hydroxyl groups excluding tert-OH is 2. The Bertz CT molecular complexity index is 1200. The number of allylic oxidation sites excluding steroid dienone is 3. The second kappa shape index (κ2) is 66.8. The lowest BCUT2D eigenvalue weighted by Gasteiger charge is -2.20. The average Bonchev–Trinajstić information content (AvgIpc) is 3.43. The number of unbranched alkanes of at least 4 members (excludes halogenated alkanes) is 53. The second-order valence-electron chi connectivity index (χ2n) is 24.2. The van der Waals surface area contributed by atoms with E-state index in [9.17, 15) is 19.8 Å². The van der Waals surface area contributed by atoms with Crippen molar-refractivity contribution in [2.45, 2.75) is 405 Å². The molecule has 0 aliphatic heterocycles. The highest BCUT2D eigenvalue weighted by Gasteiger charge is 2.18. The lowest BCUT2D eigenvalue weighted by molar-refractivity contribution is -0.143. The van der Waals surface area contributed by atoms with E-state index in [1.54, 1.807) is 6.08 Å². The first kappa shape index (κ1) is 75.3. The summed E-state index contributed by atoms with van der Waals surface area (Å²) in [5.74, 6) is -0.0525. The zero-order chi connectivity index (χ0) is 55.7. The first-order chi connectivity index (χ1) is 38.0. The normalized spacial score (nSPS) is 12.6. The van der Waals surface area contributed by atoms with E-state index in [4.69, 9.17) is 4.74 Å². The van der Waals surface area contributed by atoms with Gasteiger partial charge in [0.15, 0.2) is 0 Å². The fourth-order valence-corrected chi connectivity index (χ4v) is 11.1. The number of hydrogen-bond donors (Lipinski definition) is 3. The fraction of sp³-hybridized carbons (Fsp3) is 0.915. The summed E-state index contributed by atoms with van der Waals surface area (Å²) < 4.78 is 5.50. The lowest BCUT2D eigenvalue weighted by Crippen LogP contribution is -2.45. The van der Waals surface area contributed by atoms with Crippen LogP contribution in [0.2, 0.25) is 0 Å². The van der Waals surface area contributed by atoms with Crippen molar-refractivity contribution in [3.8, 4) is 0 Å². The van der Waals surface area contributed by atoms with E-state index in [-0.39, 0.29) is 18.5 Å². The summed E-state index contributed by atoms with van der Waals surface area (Å²) in [6, 6.07) is -0.632. The van der Waals surface area contributed by atoms with Gasteiger partial charge in [-0.3, -0.25) is 9.59 Å². The largest absolute Gasteiger partial charge is 0.466 e. The smallest absolute Gasteiger partial charge is 0.305 e. The van der Waals surface area contributed by atoms with Crippen LogP contribution in [0, 0.1) is 0 Å². The maximum atomic E-state index is 12.5. The Labute approximate surface area is 481 Å². The van der Waals surface area contributed by atoms with Crippen LogP contribution in [0.25, 0.3) is 0 Å². The predicted octanol–water partition coefficient (Wildman–Crippen LogP) is 22.5. The molecule has 0 saturated heterocycles. The summed E-state index contributed by atoms with van der Waals surface area (Å²) in [6.45, 7) is 4.94. The molecule has 6 heteroatoms. The van der Waals surface area contributed by atoms with E-state index >= 15 is 0 Å². The van der Waals surface area contributed by atoms with Gasteiger partial charge in [0, 0.05) is 12.8 Å². The molecule has 2 unspecified atom stereocenters. The molecule has 0 saturated carbocycles. The molecule has 0 aromatic heterocycles. The van der Waals surface area contributed by atoms with Crippen molar-refractivity contribution in [3.05, 3.63) is 24.3 Å². The van der Waals surface area contributed by atoms with Crippen LogP contribution in [0.5, 0.6) is 0 Å². The van der Waals surface area contributed by atoms with Crippen molar-refractivity contribution >= 4 is 11.9 Å². The van der Waals surface area contributed by atoms with Crippen molar-refractivity contribution in [2.75, 3.05) is 13.2 Å². The van der Waals surface area contributed by atoms with E-state index in [0.717, 1.165) is 38.5 Å². The van der Waals surface area contributed by atoms with Crippen molar-refractivity contribution in [1.29, 1.82) is 0 Å². The number of hydrogen-bond acceptors (Lipinski definition) is 5. The quantitative estimate of drug-likeness (QED) is 0.0320. The number of carbonyl (C=O) groups is 2. The van der Waals surface area contributed by atoms with E-state index in [1.165, 1.54) is 327 Å². The minimum absolute atomic E-state index is 0.0163. The van der Waals surface area contributed by atoms with Gasteiger partial charge in [0.25, 0.3) is 0 Å². The number of esters is 1. The summed E-state index contributed by atoms with van der Waals surface area (Å²) in [5, 5.41) is 23.2. The summed E-state index contributed by atoms with van der Waals surface area (Å²) >= 11 is 0. The van der Waals surface area contributed by atoms with Crippen molar-refractivity contribution in [3.63, 3.8) is 0 Å². The topological polar surface area (TPSA) is 95.9 Å². The maximum Gasteiger partial charge on any atom is 0.305 e. The third-order valence-electron chi connectivity index (χ3n) is 16.5. The van der Waals surface area contributed by atoms with Crippen LogP contribution in [-0.4, -0.2) is 47.4 Å². The molecule has 3 N–H and O–H groups in total. The number of ether oxygens (including phenoxy) is 1. The molecule has 0 aliphatic carbocycles. The van der Waals surface area contributed by atoms with Gasteiger partial charge >= 0.3 is 5.97 Å². The van der Waals surface area contributed by atoms with Crippen LogP contribution < -0.4 is 5.32 Å². The number of rotatable bonds is 66. The minimum Gasteiger partial charge on any atom is -0.466 e. The molecule has 0 spiro atoms. The SMILES string of the molecule is CCCCCCCCCCCCCCCCCCCC/C=C/C(O)C(CO)NC(=O)CCCCCCCCCC/C=C\CCCCCCCCCCCCCCOC(=O)CCCCCCCCCCCCCCCCCC. The van der Waals surface area contributed by atoms with Crippen molar-refractivity contribution in [1.82, 2.24) is 5.32 Å². The molecule has 0 radical (unpaired) electrons. The number of aliphatic hydroxyl groups is 2. The molecule has 0 heterocycles. The van der Waals surface area contributed by atoms with E-state index in [2.05, 4.69) is 31.3 Å². The number of carbonyl (C=O) groups excluding carboxylic acids is 2. The van der Waals surface area contributed by atoms with Gasteiger partial charge in [-0.15, -0.1) is 0 Å². The fourth-order valence-electron chi connectivity index (χ4n) is 11.1. The second-order valence-corrected chi connectivity index (χ2v) is 24.2. The van der Waals surface area contributed by atoms with Gasteiger partial charge in [0.1, 0.15) is 0 Å². The monoisotopic (exact) mass is 1080 g/mol. The average molecular weight is 1080 g/mol. The molecule has 77 heavy (non-hydrogen) atoms. The van der Waals surface area contributed by atoms with Crippen LogP contribution in [-0.2, 0) is 14.3 Å². The van der Waals surface area contributed by atoms with Crippen molar-refractivity contribution < 1.29 is 24.5 Å². The van der Waals surface area contributed by atoms with Gasteiger partial charge in [-0.25, -0.2) is 0 Å². The summed E-state index contributed by atoms with van der Waals surface area (Å²) in [6.07, 6.45) is 83.9. The Morgan fingerprint density at radius 3 is 0.922 bits per heavy atom. The number of nitrogens with one attached hydrogen (secondary N) is 1. The third-order valence-corrected chi connectivity index (χ3v) is 16.5. The zero-order valence-electron chi connectivity index (χ0n) is 52.2. The lowest BCUT2D eigenvalue weighted by atomic mass is 10.0. The molecule has 6 nitrogen and oxygen atoms in total. The summed E-state index contributed by atoms with van der Waals surface area (Å²) in [5.41, 5.74) is 0. The third kappa shape index (κ3) is 63.4. The zero-order valence-corrected chi connectivity index (χ0v) is 52.2. The Morgan fingerprint density at radius 2 is 0.610 bits per heavy atom. The van der Waals surface area contributed by atoms with Crippen molar-refractivity contribution in [2.24, 2.45) is 0 Å². The molecule has 0 bridgehead atoms. The highest BCUT2D eigenvalue weighted by atomic mass is 16.5. The van der Waals surface area contributed by atoms with Gasteiger partial charge in [-0.2, -0.15) is 0 Å². The van der Waals surface area contributed by atoms with Crippen LogP contribution in [0.15, 0.2) is 24.3 Å². The van der Waals surface area contributed by atoms with Gasteiger partial charge < -0.3 is 20.3 Å². The Morgan fingerprint density at radius 1 is 0.351 bits per heavy atom. The van der Waals surface area contributed by atoms with Crippen LogP contribution in [0.1, 0.15) is 393 Å². The predicted molar refractivity (Wildman–Crippen MR) is 338 cm³/mol. The molecule has 0 aromatic carbocycles. The van der Waals surface area contributed by atoms with Crippen LogP contribution in [0.4, 0.5) is 0 Å². The number of amides is 1. The molecule has 0 aliphatic rings.